The lowest BCUT2D eigenvalue weighted by Gasteiger charge is -1.90. The summed E-state index contributed by atoms with van der Waals surface area (Å²) in [6.07, 6.45) is 0. The average molecular weight is 157 g/mol. The number of halogens is 1. The monoisotopic (exact) mass is 157 g/mol. The third-order valence-electron chi connectivity index (χ3n) is 1.24. The van der Waals surface area contributed by atoms with E-state index < -0.39 is 4.92 Å². The van der Waals surface area contributed by atoms with Crippen LogP contribution in [0.15, 0.2) is 24.3 Å². The molecule has 0 amide bonds. The normalized spacial score (nSPS) is 8.45. The maximum atomic E-state index is 10.1. The Labute approximate surface area is 63.2 Å². The molecule has 0 unspecified atom stereocenters. The van der Waals surface area contributed by atoms with Crippen molar-refractivity contribution in [3.63, 3.8) is 0 Å². The van der Waals surface area contributed by atoms with Gasteiger partial charge in [-0.1, -0.05) is 17.7 Å². The van der Waals surface area contributed by atoms with Crippen LogP contribution in [-0.2, 0) is 0 Å². The molecule has 0 spiro atoms. The van der Waals surface area contributed by atoms with E-state index in [1.807, 2.05) is 6.92 Å². The van der Waals surface area contributed by atoms with E-state index in [2.05, 4.69) is 0 Å². The van der Waals surface area contributed by atoms with Crippen LogP contribution in [0.2, 0.25) is 0 Å². The number of hydrogen-bond donors (Lipinski definition) is 0. The molecule has 0 aliphatic rings. The summed E-state index contributed by atoms with van der Waals surface area (Å²) >= 11 is 0. The molecule has 0 N–H and O–H groups in total. The second kappa shape index (κ2) is 3.65. The maximum Gasteiger partial charge on any atom is 0.269 e. The molecule has 0 heterocycles. The van der Waals surface area contributed by atoms with Crippen molar-refractivity contribution in [1.29, 1.82) is 0 Å². The van der Waals surface area contributed by atoms with E-state index in [4.69, 9.17) is 0 Å². The molecule has 0 fully saturated rings. The van der Waals surface area contributed by atoms with E-state index in [0.717, 1.165) is 5.56 Å². The van der Waals surface area contributed by atoms with E-state index >= 15 is 0 Å². The third kappa shape index (κ3) is 2.33. The SMILES string of the molecule is Cc1ccc([N+](=O)[O-])cc1.F. The van der Waals surface area contributed by atoms with Crippen molar-refractivity contribution in [2.75, 3.05) is 0 Å². The lowest BCUT2D eigenvalue weighted by Crippen LogP contribution is -1.86. The van der Waals surface area contributed by atoms with E-state index in [1.54, 1.807) is 12.1 Å². The molecular formula is C7H8FNO2. The molecule has 11 heavy (non-hydrogen) atoms. The molecule has 0 radical (unpaired) electrons. The molecule has 0 bridgehead atoms. The fourth-order valence-corrected chi connectivity index (χ4v) is 0.666. The summed E-state index contributed by atoms with van der Waals surface area (Å²) in [5, 5.41) is 10.1. The average Bonchev–Trinajstić information content (AvgIpc) is 1.88. The molecule has 0 aromatic heterocycles. The Kier molecular flexibility index (Phi) is 3.17. The Morgan fingerprint density at radius 1 is 1.27 bits per heavy atom. The summed E-state index contributed by atoms with van der Waals surface area (Å²) in [5.41, 5.74) is 1.18. The van der Waals surface area contributed by atoms with Gasteiger partial charge < -0.3 is 0 Å². The molecule has 0 atom stereocenters. The van der Waals surface area contributed by atoms with Gasteiger partial charge in [-0.3, -0.25) is 14.8 Å². The van der Waals surface area contributed by atoms with Crippen molar-refractivity contribution in [1.82, 2.24) is 0 Å². The van der Waals surface area contributed by atoms with Gasteiger partial charge in [-0.2, -0.15) is 0 Å². The lowest BCUT2D eigenvalue weighted by molar-refractivity contribution is -0.384. The molecule has 0 saturated carbocycles. The van der Waals surface area contributed by atoms with Gasteiger partial charge in [0, 0.05) is 12.1 Å². The first-order valence-corrected chi connectivity index (χ1v) is 2.91. The Morgan fingerprint density at radius 2 is 1.73 bits per heavy atom. The van der Waals surface area contributed by atoms with E-state index in [1.165, 1.54) is 12.1 Å². The lowest BCUT2D eigenvalue weighted by atomic mass is 10.2. The second-order valence-corrected chi connectivity index (χ2v) is 2.09. The summed E-state index contributed by atoms with van der Waals surface area (Å²) in [6.45, 7) is 1.89. The number of benzene rings is 1. The number of nitrogens with zero attached hydrogens (tertiary/aromatic N) is 1. The molecule has 0 saturated heterocycles. The van der Waals surface area contributed by atoms with Gasteiger partial charge in [-0.25, -0.2) is 0 Å². The van der Waals surface area contributed by atoms with Crippen LogP contribution in [0.25, 0.3) is 0 Å². The smallest absolute Gasteiger partial charge is 0.269 e. The van der Waals surface area contributed by atoms with Crippen molar-refractivity contribution >= 4 is 5.69 Å². The van der Waals surface area contributed by atoms with Gasteiger partial charge in [0.15, 0.2) is 0 Å². The Bertz CT molecular complexity index is 245. The van der Waals surface area contributed by atoms with E-state index in [0.29, 0.717) is 0 Å². The molecule has 0 aliphatic heterocycles. The minimum Gasteiger partial charge on any atom is -0.269 e. The number of rotatable bonds is 1. The molecule has 1 aromatic rings. The Hall–Kier alpha value is -1.45. The van der Waals surface area contributed by atoms with Crippen LogP contribution in [0.1, 0.15) is 5.56 Å². The highest BCUT2D eigenvalue weighted by Crippen LogP contribution is 2.10. The topological polar surface area (TPSA) is 43.1 Å². The van der Waals surface area contributed by atoms with Gasteiger partial charge in [0.25, 0.3) is 5.69 Å². The number of hydrogen-bond acceptors (Lipinski definition) is 2. The highest BCUT2D eigenvalue weighted by atomic mass is 19.0. The molecule has 60 valence electrons. The third-order valence-corrected chi connectivity index (χ3v) is 1.24. The summed E-state index contributed by atoms with van der Waals surface area (Å²) in [5.74, 6) is 0. The minimum atomic E-state index is -0.403. The zero-order chi connectivity index (χ0) is 7.56. The molecular weight excluding hydrogens is 149 g/mol. The van der Waals surface area contributed by atoms with Crippen LogP contribution in [0, 0.1) is 17.0 Å². The van der Waals surface area contributed by atoms with Gasteiger partial charge in [0.2, 0.25) is 0 Å². The van der Waals surface area contributed by atoms with E-state index in [9.17, 15) is 10.1 Å². The van der Waals surface area contributed by atoms with Crippen molar-refractivity contribution in [2.45, 2.75) is 6.92 Å². The Morgan fingerprint density at radius 3 is 2.09 bits per heavy atom. The summed E-state index contributed by atoms with van der Waals surface area (Å²) in [7, 11) is 0. The quantitative estimate of drug-likeness (QED) is 0.462. The van der Waals surface area contributed by atoms with Gasteiger partial charge in [0.1, 0.15) is 0 Å². The molecule has 3 nitrogen and oxygen atoms in total. The first kappa shape index (κ1) is 9.55. The van der Waals surface area contributed by atoms with Crippen molar-refractivity contribution in [3.8, 4) is 0 Å². The highest BCUT2D eigenvalue weighted by Gasteiger charge is 2.00. The maximum absolute atomic E-state index is 10.1. The van der Waals surface area contributed by atoms with Gasteiger partial charge in [0.05, 0.1) is 4.92 Å². The zero-order valence-corrected chi connectivity index (χ0v) is 5.98. The minimum absolute atomic E-state index is 0. The molecule has 4 heteroatoms. The van der Waals surface area contributed by atoms with Crippen LogP contribution < -0.4 is 0 Å². The first-order chi connectivity index (χ1) is 4.70. The Balaban J connectivity index is 0.000001000. The van der Waals surface area contributed by atoms with Gasteiger partial charge in [-0.05, 0) is 6.92 Å². The van der Waals surface area contributed by atoms with Crippen LogP contribution in [-0.4, -0.2) is 4.92 Å². The summed E-state index contributed by atoms with van der Waals surface area (Å²) in [6, 6.07) is 6.43. The van der Waals surface area contributed by atoms with E-state index in [-0.39, 0.29) is 10.4 Å². The van der Waals surface area contributed by atoms with Crippen LogP contribution >= 0.6 is 0 Å². The summed E-state index contributed by atoms with van der Waals surface area (Å²) < 4.78 is 0. The van der Waals surface area contributed by atoms with Crippen LogP contribution in [0.3, 0.4) is 0 Å². The standard InChI is InChI=1S/C7H7NO2.FH/c1-6-2-4-7(5-3-6)8(9)10;/h2-5H,1H3;1H. The highest BCUT2D eigenvalue weighted by molar-refractivity contribution is 5.31. The number of nitro groups is 1. The molecule has 1 aromatic carbocycles. The molecule has 0 aliphatic carbocycles. The number of non-ortho nitro benzene ring substituents is 1. The van der Waals surface area contributed by atoms with Crippen molar-refractivity contribution in [2.24, 2.45) is 0 Å². The van der Waals surface area contributed by atoms with Gasteiger partial charge in [-0.15, -0.1) is 0 Å². The predicted octanol–water partition coefficient (Wildman–Crippen LogP) is 2.06. The zero-order valence-electron chi connectivity index (χ0n) is 5.98. The fourth-order valence-electron chi connectivity index (χ4n) is 0.666. The van der Waals surface area contributed by atoms with Gasteiger partial charge >= 0.3 is 0 Å². The largest absolute Gasteiger partial charge is 0.269 e. The second-order valence-electron chi connectivity index (χ2n) is 2.09. The summed E-state index contributed by atoms with van der Waals surface area (Å²) in [4.78, 5) is 9.71. The fraction of sp³-hybridized carbons (Fsp3) is 0.143. The van der Waals surface area contributed by atoms with Crippen LogP contribution in [0.4, 0.5) is 10.4 Å². The molecule has 1 rings (SSSR count). The number of aryl methyl sites for hydroxylation is 1. The number of nitro benzene ring substituents is 1. The van der Waals surface area contributed by atoms with Crippen LogP contribution in [0.5, 0.6) is 0 Å². The van der Waals surface area contributed by atoms with Crippen molar-refractivity contribution < 1.29 is 9.63 Å². The first-order valence-electron chi connectivity index (χ1n) is 2.91. The van der Waals surface area contributed by atoms with Crippen molar-refractivity contribution in [3.05, 3.63) is 39.9 Å². The predicted molar refractivity (Wildman–Crippen MR) is 40.3 cm³/mol.